The number of aryl methyl sites for hydroxylation is 2. The van der Waals surface area contributed by atoms with Crippen LogP contribution in [0.15, 0.2) is 22.9 Å². The fourth-order valence-corrected chi connectivity index (χ4v) is 2.74. The van der Waals surface area contributed by atoms with Gasteiger partial charge in [-0.05, 0) is 31.5 Å². The third kappa shape index (κ3) is 3.23. The maximum Gasteiger partial charge on any atom is 0.326 e. The number of furan rings is 1. The molecular weight excluding hydrogens is 340 g/mol. The van der Waals surface area contributed by atoms with E-state index in [1.165, 1.54) is 13.4 Å². The zero-order valence-electron chi connectivity index (χ0n) is 14.5. The molecule has 3 aromatic rings. The van der Waals surface area contributed by atoms with Crippen molar-refractivity contribution in [2.75, 3.05) is 7.11 Å². The molecule has 0 radical (unpaired) electrons. The number of carbonyl (C=O) groups excluding carboxylic acids is 1. The van der Waals surface area contributed by atoms with E-state index in [0.717, 1.165) is 10.9 Å². The van der Waals surface area contributed by atoms with E-state index >= 15 is 0 Å². The summed E-state index contributed by atoms with van der Waals surface area (Å²) in [5.41, 5.74) is 2.02. The van der Waals surface area contributed by atoms with Gasteiger partial charge in [-0.3, -0.25) is 9.89 Å². The molecule has 26 heavy (non-hydrogen) atoms. The Balaban J connectivity index is 1.91. The smallest absolute Gasteiger partial charge is 0.326 e. The van der Waals surface area contributed by atoms with Crippen molar-refractivity contribution >= 4 is 22.8 Å². The van der Waals surface area contributed by atoms with Gasteiger partial charge in [0.05, 0.1) is 7.11 Å². The van der Waals surface area contributed by atoms with Crippen LogP contribution in [-0.4, -0.2) is 45.3 Å². The molecule has 0 saturated carbocycles. The Morgan fingerprint density at radius 1 is 1.38 bits per heavy atom. The first-order chi connectivity index (χ1) is 12.4. The number of fused-ring (bicyclic) bond motifs is 1. The molecule has 2 heterocycles. The minimum atomic E-state index is -1.18. The largest absolute Gasteiger partial charge is 0.493 e. The van der Waals surface area contributed by atoms with Crippen LogP contribution in [0, 0.1) is 13.8 Å². The molecule has 1 amide bonds. The second-order valence-electron chi connectivity index (χ2n) is 5.90. The fraction of sp³-hybridized carbons (Fsp3) is 0.294. The minimum Gasteiger partial charge on any atom is -0.493 e. The van der Waals surface area contributed by atoms with Crippen molar-refractivity contribution in [3.05, 3.63) is 41.2 Å². The van der Waals surface area contributed by atoms with Crippen LogP contribution < -0.4 is 10.1 Å². The highest BCUT2D eigenvalue weighted by molar-refractivity contribution is 6.01. The number of amides is 1. The number of carboxylic acids is 1. The molecule has 136 valence electrons. The summed E-state index contributed by atoms with van der Waals surface area (Å²) >= 11 is 0. The van der Waals surface area contributed by atoms with E-state index in [1.807, 2.05) is 13.0 Å². The first-order valence-electron chi connectivity index (χ1n) is 7.86. The highest BCUT2D eigenvalue weighted by Crippen LogP contribution is 2.33. The Labute approximate surface area is 148 Å². The molecule has 3 rings (SSSR count). The molecule has 0 fully saturated rings. The average molecular weight is 358 g/mol. The van der Waals surface area contributed by atoms with Gasteiger partial charge in [0.15, 0.2) is 17.1 Å². The lowest BCUT2D eigenvalue weighted by molar-refractivity contribution is -0.139. The van der Waals surface area contributed by atoms with Crippen molar-refractivity contribution < 1.29 is 23.8 Å². The summed E-state index contributed by atoms with van der Waals surface area (Å²) in [5.74, 6) is -0.884. The van der Waals surface area contributed by atoms with Gasteiger partial charge < -0.3 is 19.6 Å². The van der Waals surface area contributed by atoms with Crippen molar-refractivity contribution in [1.82, 2.24) is 20.5 Å². The molecule has 0 aliphatic rings. The van der Waals surface area contributed by atoms with Gasteiger partial charge in [-0.25, -0.2) is 9.78 Å². The van der Waals surface area contributed by atoms with Gasteiger partial charge in [0.25, 0.3) is 5.91 Å². The molecular formula is C17H18N4O5. The topological polar surface area (TPSA) is 130 Å². The summed E-state index contributed by atoms with van der Waals surface area (Å²) in [7, 11) is 1.52. The summed E-state index contributed by atoms with van der Waals surface area (Å²) in [6.07, 6.45) is 1.25. The van der Waals surface area contributed by atoms with Crippen LogP contribution in [0.2, 0.25) is 0 Å². The highest BCUT2D eigenvalue weighted by Gasteiger charge is 2.26. The van der Waals surface area contributed by atoms with Crippen LogP contribution >= 0.6 is 0 Å². The van der Waals surface area contributed by atoms with Crippen molar-refractivity contribution in [2.45, 2.75) is 26.3 Å². The van der Waals surface area contributed by atoms with E-state index in [0.29, 0.717) is 22.7 Å². The van der Waals surface area contributed by atoms with E-state index in [4.69, 9.17) is 9.15 Å². The van der Waals surface area contributed by atoms with Crippen LogP contribution in [0.25, 0.3) is 11.0 Å². The van der Waals surface area contributed by atoms with Crippen LogP contribution in [0.5, 0.6) is 5.75 Å². The molecule has 0 saturated heterocycles. The van der Waals surface area contributed by atoms with Crippen LogP contribution in [0.1, 0.15) is 27.5 Å². The van der Waals surface area contributed by atoms with Crippen molar-refractivity contribution in [3.63, 3.8) is 0 Å². The summed E-state index contributed by atoms with van der Waals surface area (Å²) < 4.78 is 11.0. The number of nitrogens with one attached hydrogen (secondary N) is 2. The molecule has 0 aliphatic carbocycles. The van der Waals surface area contributed by atoms with E-state index in [9.17, 15) is 14.7 Å². The van der Waals surface area contributed by atoms with Crippen LogP contribution in [0.3, 0.4) is 0 Å². The van der Waals surface area contributed by atoms with E-state index in [1.54, 1.807) is 13.0 Å². The quantitative estimate of drug-likeness (QED) is 0.610. The lowest BCUT2D eigenvalue weighted by Crippen LogP contribution is -2.42. The lowest BCUT2D eigenvalue weighted by Gasteiger charge is -2.12. The first kappa shape index (κ1) is 17.5. The third-order valence-corrected chi connectivity index (χ3v) is 4.04. The lowest BCUT2D eigenvalue weighted by atomic mass is 10.1. The monoisotopic (exact) mass is 358 g/mol. The van der Waals surface area contributed by atoms with E-state index < -0.39 is 17.9 Å². The summed E-state index contributed by atoms with van der Waals surface area (Å²) in [6.45, 7) is 3.65. The molecule has 3 N–H and O–H groups in total. The van der Waals surface area contributed by atoms with E-state index in [-0.39, 0.29) is 12.2 Å². The average Bonchev–Trinajstić information content (AvgIpc) is 3.22. The number of carboxylic acid groups (broad SMARTS) is 1. The van der Waals surface area contributed by atoms with Gasteiger partial charge in [-0.1, -0.05) is 0 Å². The minimum absolute atomic E-state index is 0.0250. The Morgan fingerprint density at radius 3 is 2.77 bits per heavy atom. The number of rotatable bonds is 6. The number of hydrogen-bond donors (Lipinski definition) is 3. The predicted octanol–water partition coefficient (Wildman–Crippen LogP) is 1.60. The highest BCUT2D eigenvalue weighted by atomic mass is 16.5. The number of carbonyl (C=O) groups is 2. The zero-order valence-corrected chi connectivity index (χ0v) is 14.5. The Bertz CT molecular complexity index is 961. The predicted molar refractivity (Wildman–Crippen MR) is 91.2 cm³/mol. The number of hydrogen-bond acceptors (Lipinski definition) is 6. The maximum atomic E-state index is 12.6. The van der Waals surface area contributed by atoms with Crippen LogP contribution in [0.4, 0.5) is 0 Å². The van der Waals surface area contributed by atoms with Crippen molar-refractivity contribution in [1.29, 1.82) is 0 Å². The molecule has 2 aromatic heterocycles. The number of ether oxygens (including phenoxy) is 1. The molecule has 1 aromatic carbocycles. The Hall–Kier alpha value is -3.36. The molecule has 1 atom stereocenters. The summed E-state index contributed by atoms with van der Waals surface area (Å²) in [5, 5.41) is 18.8. The van der Waals surface area contributed by atoms with E-state index in [2.05, 4.69) is 20.5 Å². The summed E-state index contributed by atoms with van der Waals surface area (Å²) in [4.78, 5) is 28.0. The number of methoxy groups -OCH3 is 1. The number of nitrogens with zero attached hydrogens (tertiary/aromatic N) is 2. The SMILES string of the molecule is COc1cc(C)cc2c(C)c(C(=O)NC(Cc3ncn[nH]3)C(=O)O)oc12. The Kier molecular flexibility index (Phi) is 4.61. The molecule has 0 aliphatic heterocycles. The van der Waals surface area contributed by atoms with Crippen molar-refractivity contribution in [2.24, 2.45) is 0 Å². The zero-order chi connectivity index (χ0) is 18.8. The van der Waals surface area contributed by atoms with Gasteiger partial charge in [0.2, 0.25) is 0 Å². The molecule has 9 heteroatoms. The molecule has 9 nitrogen and oxygen atoms in total. The van der Waals surface area contributed by atoms with Crippen molar-refractivity contribution in [3.8, 4) is 5.75 Å². The fourth-order valence-electron chi connectivity index (χ4n) is 2.74. The second kappa shape index (κ2) is 6.87. The second-order valence-corrected chi connectivity index (χ2v) is 5.90. The first-order valence-corrected chi connectivity index (χ1v) is 7.86. The Morgan fingerprint density at radius 2 is 2.15 bits per heavy atom. The van der Waals surface area contributed by atoms with Gasteiger partial charge in [0, 0.05) is 17.4 Å². The number of aromatic amines is 1. The molecule has 1 unspecified atom stereocenters. The number of aromatic nitrogens is 3. The van der Waals surface area contributed by atoms with Gasteiger partial charge in [-0.15, -0.1) is 0 Å². The standard InChI is InChI=1S/C17H18N4O5/c1-8-4-10-9(2)14(26-15(10)12(5-8)25-3)16(22)20-11(17(23)24)6-13-18-7-19-21-13/h4-5,7,11H,6H2,1-3H3,(H,20,22)(H,23,24)(H,18,19,21). The number of H-pyrrole nitrogens is 1. The number of aliphatic carboxylic acids is 1. The van der Waals surface area contributed by atoms with Gasteiger partial charge in [-0.2, -0.15) is 5.10 Å². The van der Waals surface area contributed by atoms with Gasteiger partial charge in [0.1, 0.15) is 18.2 Å². The number of benzene rings is 1. The van der Waals surface area contributed by atoms with Crippen LogP contribution in [-0.2, 0) is 11.2 Å². The van der Waals surface area contributed by atoms with Gasteiger partial charge >= 0.3 is 5.97 Å². The third-order valence-electron chi connectivity index (χ3n) is 4.04. The molecule has 0 bridgehead atoms. The normalized spacial score (nSPS) is 12.1. The molecule has 0 spiro atoms. The maximum absolute atomic E-state index is 12.6. The summed E-state index contributed by atoms with van der Waals surface area (Å²) in [6, 6.07) is 2.51.